The highest BCUT2D eigenvalue weighted by molar-refractivity contribution is 8.05. The van der Waals surface area contributed by atoms with Gasteiger partial charge in [0.05, 0.1) is 5.25 Å². The van der Waals surface area contributed by atoms with E-state index >= 15 is 0 Å². The van der Waals surface area contributed by atoms with E-state index in [1.165, 1.54) is 40.9 Å². The molecule has 0 aliphatic carbocycles. The first kappa shape index (κ1) is 23.3. The summed E-state index contributed by atoms with van der Waals surface area (Å²) >= 11 is 1.19. The number of hydrogen-bond acceptors (Lipinski definition) is 4. The minimum atomic E-state index is -0.565. The molecule has 5 nitrogen and oxygen atoms in total. The monoisotopic (exact) mass is 471 g/mol. The number of halogens is 1. The Hall–Kier alpha value is -3.89. The molecule has 0 spiro atoms. The van der Waals surface area contributed by atoms with Gasteiger partial charge in [0, 0.05) is 12.2 Å². The lowest BCUT2D eigenvalue weighted by atomic mass is 10.1. The van der Waals surface area contributed by atoms with Crippen LogP contribution in [-0.4, -0.2) is 17.1 Å². The van der Waals surface area contributed by atoms with E-state index in [0.717, 1.165) is 16.7 Å². The third-order valence-electron chi connectivity index (χ3n) is 5.43. The molecular formula is C27H22FN3O2S. The van der Waals surface area contributed by atoms with Gasteiger partial charge in [-0.05, 0) is 48.7 Å². The largest absolute Gasteiger partial charge is 0.347 e. The van der Waals surface area contributed by atoms with Crippen molar-refractivity contribution in [2.45, 2.75) is 25.1 Å². The van der Waals surface area contributed by atoms with E-state index in [2.05, 4.69) is 5.32 Å². The summed E-state index contributed by atoms with van der Waals surface area (Å²) in [6.45, 7) is 2.24. The third-order valence-corrected chi connectivity index (χ3v) is 6.69. The summed E-state index contributed by atoms with van der Waals surface area (Å²) < 4.78 is 13.5. The molecule has 1 atom stereocenters. The van der Waals surface area contributed by atoms with Gasteiger partial charge in [0.25, 0.3) is 5.91 Å². The first-order valence-electron chi connectivity index (χ1n) is 10.7. The van der Waals surface area contributed by atoms with Crippen LogP contribution >= 0.6 is 11.8 Å². The van der Waals surface area contributed by atoms with E-state index in [-0.39, 0.29) is 23.1 Å². The Morgan fingerprint density at radius 2 is 1.71 bits per heavy atom. The molecular weight excluding hydrogens is 449 g/mol. The number of thioether (sulfide) groups is 1. The van der Waals surface area contributed by atoms with Crippen molar-refractivity contribution in [3.8, 4) is 6.07 Å². The average molecular weight is 472 g/mol. The van der Waals surface area contributed by atoms with Gasteiger partial charge in [-0.25, -0.2) is 4.39 Å². The van der Waals surface area contributed by atoms with E-state index in [0.29, 0.717) is 12.1 Å². The summed E-state index contributed by atoms with van der Waals surface area (Å²) in [5, 5.41) is 12.4. The number of hydrogen-bond donors (Lipinski definition) is 1. The standard InChI is InChI=1S/C27H22FN3O2S/c1-18-7-9-19(10-8-18)15-24-26(33)31(22-13-11-21(28)12-14-22)27(34-24)23(16-29)25(32)30-17-20-5-3-2-4-6-20/h2-14,24H,15,17H2,1H3,(H,30,32)/b27-23-. The van der Waals surface area contributed by atoms with Gasteiger partial charge in [-0.15, -0.1) is 0 Å². The normalized spacial score (nSPS) is 16.8. The smallest absolute Gasteiger partial charge is 0.264 e. The van der Waals surface area contributed by atoms with Crippen LogP contribution in [0.1, 0.15) is 16.7 Å². The molecule has 3 aromatic carbocycles. The Bertz CT molecular complexity index is 1270. The molecule has 0 saturated carbocycles. The number of nitrogens with zero attached hydrogens (tertiary/aromatic N) is 2. The Balaban J connectivity index is 1.66. The Morgan fingerprint density at radius 3 is 2.35 bits per heavy atom. The quantitative estimate of drug-likeness (QED) is 0.411. The van der Waals surface area contributed by atoms with E-state index in [1.807, 2.05) is 67.6 Å². The lowest BCUT2D eigenvalue weighted by Gasteiger charge is -2.18. The predicted molar refractivity (Wildman–Crippen MR) is 131 cm³/mol. The van der Waals surface area contributed by atoms with Crippen LogP contribution in [0, 0.1) is 24.1 Å². The van der Waals surface area contributed by atoms with Crippen molar-refractivity contribution >= 4 is 29.3 Å². The molecule has 1 aliphatic rings. The topological polar surface area (TPSA) is 73.2 Å². The fourth-order valence-electron chi connectivity index (χ4n) is 3.62. The molecule has 0 aromatic heterocycles. The van der Waals surface area contributed by atoms with Crippen LogP contribution in [0.4, 0.5) is 10.1 Å². The maximum atomic E-state index is 13.5. The zero-order chi connectivity index (χ0) is 24.1. The zero-order valence-electron chi connectivity index (χ0n) is 18.5. The lowest BCUT2D eigenvalue weighted by Crippen LogP contribution is -2.32. The molecule has 1 unspecified atom stereocenters. The number of nitriles is 1. The second-order valence-electron chi connectivity index (χ2n) is 7.91. The average Bonchev–Trinajstić information content (AvgIpc) is 3.16. The first-order chi connectivity index (χ1) is 16.5. The summed E-state index contributed by atoms with van der Waals surface area (Å²) in [5.41, 5.74) is 3.24. The second-order valence-corrected chi connectivity index (χ2v) is 9.10. The molecule has 1 aliphatic heterocycles. The molecule has 34 heavy (non-hydrogen) atoms. The molecule has 3 aromatic rings. The summed E-state index contributed by atoms with van der Waals surface area (Å²) in [6, 6.07) is 24.7. The molecule has 1 saturated heterocycles. The fourth-order valence-corrected chi connectivity index (χ4v) is 4.93. The van der Waals surface area contributed by atoms with Crippen LogP contribution in [0.3, 0.4) is 0 Å². The maximum absolute atomic E-state index is 13.5. The SMILES string of the molecule is Cc1ccc(CC2S/C(=C(/C#N)C(=O)NCc3ccccc3)N(c3ccc(F)cc3)C2=O)cc1. The molecule has 170 valence electrons. The fraction of sp³-hybridized carbons (Fsp3) is 0.148. The van der Waals surface area contributed by atoms with Crippen molar-refractivity contribution in [2.24, 2.45) is 0 Å². The van der Waals surface area contributed by atoms with Crippen molar-refractivity contribution in [3.63, 3.8) is 0 Å². The van der Waals surface area contributed by atoms with Gasteiger partial charge >= 0.3 is 0 Å². The van der Waals surface area contributed by atoms with Crippen LogP contribution in [-0.2, 0) is 22.6 Å². The summed E-state index contributed by atoms with van der Waals surface area (Å²) in [5.74, 6) is -1.26. The lowest BCUT2D eigenvalue weighted by molar-refractivity contribution is -0.117. The van der Waals surface area contributed by atoms with Crippen LogP contribution in [0.15, 0.2) is 89.5 Å². The van der Waals surface area contributed by atoms with E-state index in [4.69, 9.17) is 0 Å². The maximum Gasteiger partial charge on any atom is 0.264 e. The number of aryl methyl sites for hydroxylation is 1. The number of benzene rings is 3. The van der Waals surface area contributed by atoms with Crippen molar-refractivity contribution < 1.29 is 14.0 Å². The van der Waals surface area contributed by atoms with Gasteiger partial charge in [0.15, 0.2) is 0 Å². The first-order valence-corrected chi connectivity index (χ1v) is 11.6. The molecule has 4 rings (SSSR count). The van der Waals surface area contributed by atoms with Gasteiger partial charge in [0.1, 0.15) is 22.5 Å². The van der Waals surface area contributed by atoms with Crippen LogP contribution in [0.2, 0.25) is 0 Å². The van der Waals surface area contributed by atoms with Gasteiger partial charge < -0.3 is 5.32 Å². The third kappa shape index (κ3) is 5.19. The number of carbonyl (C=O) groups is 2. The van der Waals surface area contributed by atoms with Gasteiger partial charge in [-0.2, -0.15) is 5.26 Å². The van der Waals surface area contributed by atoms with Crippen molar-refractivity contribution in [2.75, 3.05) is 4.90 Å². The van der Waals surface area contributed by atoms with Crippen molar-refractivity contribution in [3.05, 3.63) is 112 Å². The molecule has 1 N–H and O–H groups in total. The Morgan fingerprint density at radius 1 is 1.03 bits per heavy atom. The second kappa shape index (κ2) is 10.4. The van der Waals surface area contributed by atoms with E-state index in [9.17, 15) is 19.2 Å². The summed E-state index contributed by atoms with van der Waals surface area (Å²) in [7, 11) is 0. The van der Waals surface area contributed by atoms with Crippen molar-refractivity contribution in [1.29, 1.82) is 5.26 Å². The van der Waals surface area contributed by atoms with E-state index in [1.54, 1.807) is 0 Å². The minimum absolute atomic E-state index is 0.148. The van der Waals surface area contributed by atoms with Gasteiger partial charge in [-0.1, -0.05) is 71.9 Å². The molecule has 0 bridgehead atoms. The molecule has 7 heteroatoms. The van der Waals surface area contributed by atoms with Crippen LogP contribution in [0.5, 0.6) is 0 Å². The van der Waals surface area contributed by atoms with Gasteiger partial charge in [-0.3, -0.25) is 14.5 Å². The summed E-state index contributed by atoms with van der Waals surface area (Å²) in [6.07, 6.45) is 0.440. The highest BCUT2D eigenvalue weighted by atomic mass is 32.2. The minimum Gasteiger partial charge on any atom is -0.347 e. The zero-order valence-corrected chi connectivity index (χ0v) is 19.3. The number of rotatable bonds is 6. The predicted octanol–water partition coefficient (Wildman–Crippen LogP) is 4.88. The van der Waals surface area contributed by atoms with Gasteiger partial charge in [0.2, 0.25) is 5.91 Å². The number of anilines is 1. The van der Waals surface area contributed by atoms with E-state index < -0.39 is 17.0 Å². The molecule has 1 fully saturated rings. The molecule has 2 amide bonds. The van der Waals surface area contributed by atoms with Crippen LogP contribution in [0.25, 0.3) is 0 Å². The Kier molecular flexibility index (Phi) is 7.09. The molecule has 0 radical (unpaired) electrons. The summed E-state index contributed by atoms with van der Waals surface area (Å²) in [4.78, 5) is 27.8. The number of nitrogens with one attached hydrogen (secondary N) is 1. The molecule has 1 heterocycles. The Labute approximate surface area is 201 Å². The van der Waals surface area contributed by atoms with Crippen molar-refractivity contribution in [1.82, 2.24) is 5.32 Å². The number of amides is 2. The highest BCUT2D eigenvalue weighted by Crippen LogP contribution is 2.42. The number of carbonyl (C=O) groups excluding carboxylic acids is 2. The highest BCUT2D eigenvalue weighted by Gasteiger charge is 2.40. The van der Waals surface area contributed by atoms with Crippen LogP contribution < -0.4 is 10.2 Å².